The van der Waals surface area contributed by atoms with Crippen molar-refractivity contribution in [3.05, 3.63) is 0 Å². The van der Waals surface area contributed by atoms with Gasteiger partial charge in [0.2, 0.25) is 11.8 Å². The number of rotatable bonds is 3. The molecule has 0 aromatic heterocycles. The van der Waals surface area contributed by atoms with E-state index >= 15 is 0 Å². The SMILES string of the molecule is C#CCN1C(=O)C(C)(C2CC2)NC(=O)C1C(C)C. The molecule has 2 fully saturated rings. The Morgan fingerprint density at radius 3 is 2.56 bits per heavy atom. The average Bonchev–Trinajstić information content (AvgIpc) is 3.09. The second kappa shape index (κ2) is 4.31. The van der Waals surface area contributed by atoms with E-state index in [1.54, 1.807) is 4.90 Å². The Kier molecular flexibility index (Phi) is 3.10. The number of hydrogen-bond donors (Lipinski definition) is 1. The van der Waals surface area contributed by atoms with E-state index in [0.29, 0.717) is 0 Å². The number of nitrogens with zero attached hydrogens (tertiary/aromatic N) is 1. The lowest BCUT2D eigenvalue weighted by Crippen LogP contribution is -2.71. The minimum Gasteiger partial charge on any atom is -0.340 e. The van der Waals surface area contributed by atoms with Gasteiger partial charge in [-0.25, -0.2) is 0 Å². The van der Waals surface area contributed by atoms with Crippen LogP contribution in [0.2, 0.25) is 0 Å². The van der Waals surface area contributed by atoms with E-state index < -0.39 is 11.6 Å². The summed E-state index contributed by atoms with van der Waals surface area (Å²) in [5.74, 6) is 2.72. The lowest BCUT2D eigenvalue weighted by Gasteiger charge is -2.45. The monoisotopic (exact) mass is 248 g/mol. The van der Waals surface area contributed by atoms with Crippen LogP contribution in [-0.4, -0.2) is 34.8 Å². The first-order chi connectivity index (χ1) is 8.41. The molecule has 0 spiro atoms. The zero-order valence-electron chi connectivity index (χ0n) is 11.2. The van der Waals surface area contributed by atoms with E-state index in [0.717, 1.165) is 12.8 Å². The van der Waals surface area contributed by atoms with E-state index in [1.165, 1.54) is 0 Å². The van der Waals surface area contributed by atoms with Crippen LogP contribution >= 0.6 is 0 Å². The van der Waals surface area contributed by atoms with Gasteiger partial charge in [-0.15, -0.1) is 6.42 Å². The van der Waals surface area contributed by atoms with Gasteiger partial charge in [0.05, 0.1) is 6.54 Å². The fourth-order valence-corrected chi connectivity index (χ4v) is 2.82. The number of nitrogens with one attached hydrogen (secondary N) is 1. The van der Waals surface area contributed by atoms with Gasteiger partial charge in [-0.3, -0.25) is 9.59 Å². The van der Waals surface area contributed by atoms with E-state index in [1.807, 2.05) is 20.8 Å². The maximum absolute atomic E-state index is 12.6. The second-order valence-corrected chi connectivity index (χ2v) is 5.79. The third-order valence-electron chi connectivity index (χ3n) is 3.98. The Hall–Kier alpha value is -1.50. The van der Waals surface area contributed by atoms with E-state index in [-0.39, 0.29) is 30.2 Å². The molecule has 1 saturated heterocycles. The van der Waals surface area contributed by atoms with Crippen molar-refractivity contribution in [2.24, 2.45) is 11.8 Å². The quantitative estimate of drug-likeness (QED) is 0.750. The Morgan fingerprint density at radius 2 is 2.11 bits per heavy atom. The topological polar surface area (TPSA) is 49.4 Å². The van der Waals surface area contributed by atoms with Gasteiger partial charge < -0.3 is 10.2 Å². The van der Waals surface area contributed by atoms with E-state index in [4.69, 9.17) is 6.42 Å². The standard InChI is InChI=1S/C14H20N2O2/c1-5-8-16-11(9(2)3)12(17)15-14(4,13(16)18)10-6-7-10/h1,9-11H,6-8H2,2-4H3,(H,15,17). The fraction of sp³-hybridized carbons (Fsp3) is 0.714. The molecule has 0 aromatic rings. The summed E-state index contributed by atoms with van der Waals surface area (Å²) in [5.41, 5.74) is -0.751. The van der Waals surface area contributed by atoms with E-state index in [9.17, 15) is 9.59 Å². The van der Waals surface area contributed by atoms with Gasteiger partial charge in [-0.1, -0.05) is 19.8 Å². The number of terminal acetylenes is 1. The van der Waals surface area contributed by atoms with Crippen molar-refractivity contribution in [1.82, 2.24) is 10.2 Å². The summed E-state index contributed by atoms with van der Waals surface area (Å²) in [6, 6.07) is -0.444. The smallest absolute Gasteiger partial charge is 0.249 e. The molecule has 2 unspecified atom stereocenters. The third kappa shape index (κ3) is 1.88. The Morgan fingerprint density at radius 1 is 1.50 bits per heavy atom. The average molecular weight is 248 g/mol. The normalized spacial score (nSPS) is 32.4. The predicted octanol–water partition coefficient (Wildman–Crippen LogP) is 0.771. The van der Waals surface area contributed by atoms with Crippen LogP contribution in [0.25, 0.3) is 0 Å². The summed E-state index contributed by atoms with van der Waals surface area (Å²) in [6.07, 6.45) is 7.33. The lowest BCUT2D eigenvalue weighted by atomic mass is 9.86. The molecule has 4 nitrogen and oxygen atoms in total. The minimum absolute atomic E-state index is 0.0266. The van der Waals surface area contributed by atoms with Crippen molar-refractivity contribution in [1.29, 1.82) is 0 Å². The first-order valence-corrected chi connectivity index (χ1v) is 6.48. The van der Waals surface area contributed by atoms with Crippen LogP contribution < -0.4 is 5.32 Å². The van der Waals surface area contributed by atoms with Gasteiger partial charge in [0.1, 0.15) is 11.6 Å². The summed E-state index contributed by atoms with van der Waals surface area (Å²) in [4.78, 5) is 26.4. The van der Waals surface area contributed by atoms with Crippen molar-refractivity contribution in [3.63, 3.8) is 0 Å². The van der Waals surface area contributed by atoms with Crippen molar-refractivity contribution in [2.75, 3.05) is 6.54 Å². The highest BCUT2D eigenvalue weighted by molar-refractivity contribution is 6.00. The summed E-state index contributed by atoms with van der Waals surface area (Å²) in [7, 11) is 0. The lowest BCUT2D eigenvalue weighted by molar-refractivity contribution is -0.156. The summed E-state index contributed by atoms with van der Waals surface area (Å²) in [6.45, 7) is 5.89. The van der Waals surface area contributed by atoms with Crippen molar-refractivity contribution in [2.45, 2.75) is 45.2 Å². The van der Waals surface area contributed by atoms with Crippen LogP contribution in [0.1, 0.15) is 33.6 Å². The maximum Gasteiger partial charge on any atom is 0.249 e. The molecule has 98 valence electrons. The molecule has 0 aromatic carbocycles. The van der Waals surface area contributed by atoms with Crippen LogP contribution in [0.15, 0.2) is 0 Å². The Balaban J connectivity index is 2.32. The molecular weight excluding hydrogens is 228 g/mol. The van der Waals surface area contributed by atoms with Crippen LogP contribution in [0.3, 0.4) is 0 Å². The molecule has 0 radical (unpaired) electrons. The molecule has 1 N–H and O–H groups in total. The van der Waals surface area contributed by atoms with Gasteiger partial charge in [-0.05, 0) is 31.6 Å². The molecule has 4 heteroatoms. The molecular formula is C14H20N2O2. The third-order valence-corrected chi connectivity index (χ3v) is 3.98. The molecule has 1 saturated carbocycles. The molecule has 0 bridgehead atoms. The van der Waals surface area contributed by atoms with Crippen LogP contribution in [0.5, 0.6) is 0 Å². The molecule has 2 aliphatic rings. The summed E-state index contributed by atoms with van der Waals surface area (Å²) < 4.78 is 0. The van der Waals surface area contributed by atoms with Crippen molar-refractivity contribution >= 4 is 11.8 Å². The number of carbonyl (C=O) groups excluding carboxylic acids is 2. The van der Waals surface area contributed by atoms with Gasteiger partial charge in [-0.2, -0.15) is 0 Å². The molecule has 1 heterocycles. The molecule has 18 heavy (non-hydrogen) atoms. The Labute approximate surface area is 108 Å². The maximum atomic E-state index is 12.6. The largest absolute Gasteiger partial charge is 0.340 e. The minimum atomic E-state index is -0.751. The highest BCUT2D eigenvalue weighted by Crippen LogP contribution is 2.42. The van der Waals surface area contributed by atoms with Gasteiger partial charge in [0.25, 0.3) is 0 Å². The van der Waals surface area contributed by atoms with Crippen LogP contribution in [-0.2, 0) is 9.59 Å². The first-order valence-electron chi connectivity index (χ1n) is 6.48. The van der Waals surface area contributed by atoms with Gasteiger partial charge >= 0.3 is 0 Å². The van der Waals surface area contributed by atoms with Crippen LogP contribution in [0.4, 0.5) is 0 Å². The molecule has 1 aliphatic heterocycles. The molecule has 2 atom stereocenters. The number of hydrogen-bond acceptors (Lipinski definition) is 2. The number of amides is 2. The first kappa shape index (κ1) is 12.9. The summed E-state index contributed by atoms with van der Waals surface area (Å²) in [5, 5.41) is 2.93. The predicted molar refractivity (Wildman–Crippen MR) is 68.4 cm³/mol. The highest BCUT2D eigenvalue weighted by atomic mass is 16.2. The fourth-order valence-electron chi connectivity index (χ4n) is 2.82. The van der Waals surface area contributed by atoms with Crippen molar-refractivity contribution < 1.29 is 9.59 Å². The van der Waals surface area contributed by atoms with Crippen LogP contribution in [0, 0.1) is 24.2 Å². The zero-order chi connectivity index (χ0) is 13.5. The molecule has 2 amide bonds. The highest BCUT2D eigenvalue weighted by Gasteiger charge is 2.55. The zero-order valence-corrected chi connectivity index (χ0v) is 11.2. The second-order valence-electron chi connectivity index (χ2n) is 5.79. The molecule has 1 aliphatic carbocycles. The van der Waals surface area contributed by atoms with Gasteiger partial charge in [0.15, 0.2) is 0 Å². The van der Waals surface area contributed by atoms with Crippen molar-refractivity contribution in [3.8, 4) is 12.3 Å². The Bertz CT molecular complexity index is 420. The van der Waals surface area contributed by atoms with Gasteiger partial charge in [0, 0.05) is 0 Å². The molecule has 2 rings (SSSR count). The summed E-state index contributed by atoms with van der Waals surface area (Å²) >= 11 is 0. The number of piperazine rings is 1. The number of carbonyl (C=O) groups is 2. The van der Waals surface area contributed by atoms with E-state index in [2.05, 4.69) is 11.2 Å².